The molecule has 1 aliphatic rings. The van der Waals surface area contributed by atoms with Gasteiger partial charge in [0.1, 0.15) is 0 Å². The summed E-state index contributed by atoms with van der Waals surface area (Å²) >= 11 is 3.36. The summed E-state index contributed by atoms with van der Waals surface area (Å²) in [5.41, 5.74) is 0.682. The zero-order valence-electron chi connectivity index (χ0n) is 9.78. The van der Waals surface area contributed by atoms with Crippen LogP contribution in [-0.4, -0.2) is 25.2 Å². The first-order chi connectivity index (χ1) is 8.20. The Morgan fingerprint density at radius 2 is 2.29 bits per heavy atom. The van der Waals surface area contributed by atoms with Gasteiger partial charge in [0.15, 0.2) is 0 Å². The highest BCUT2D eigenvalue weighted by Gasteiger charge is 2.28. The van der Waals surface area contributed by atoms with Crippen molar-refractivity contribution in [1.29, 1.82) is 0 Å². The van der Waals surface area contributed by atoms with E-state index in [0.717, 1.165) is 23.7 Å². The minimum absolute atomic E-state index is 0.0275. The third kappa shape index (κ3) is 3.07. The van der Waals surface area contributed by atoms with Crippen molar-refractivity contribution in [3.63, 3.8) is 0 Å². The molecule has 2 rings (SSSR count). The number of halogens is 1. The average molecular weight is 298 g/mol. The number of rotatable bonds is 3. The molecule has 1 aromatic rings. The molecule has 0 heterocycles. The lowest BCUT2D eigenvalue weighted by Crippen LogP contribution is -2.40. The van der Waals surface area contributed by atoms with E-state index < -0.39 is 0 Å². The molecular formula is C13H16BrNO2. The van der Waals surface area contributed by atoms with Gasteiger partial charge in [-0.05, 0) is 37.5 Å². The van der Waals surface area contributed by atoms with E-state index in [9.17, 15) is 4.79 Å². The van der Waals surface area contributed by atoms with Gasteiger partial charge in [-0.25, -0.2) is 0 Å². The Hall–Kier alpha value is -0.870. The van der Waals surface area contributed by atoms with Gasteiger partial charge in [0.2, 0.25) is 0 Å². The van der Waals surface area contributed by atoms with Gasteiger partial charge in [-0.15, -0.1) is 0 Å². The molecule has 4 heteroatoms. The molecule has 1 fully saturated rings. The van der Waals surface area contributed by atoms with Crippen LogP contribution >= 0.6 is 15.9 Å². The van der Waals surface area contributed by atoms with Gasteiger partial charge in [-0.3, -0.25) is 4.79 Å². The zero-order valence-corrected chi connectivity index (χ0v) is 11.4. The first-order valence-electron chi connectivity index (χ1n) is 5.80. The van der Waals surface area contributed by atoms with Gasteiger partial charge in [0.25, 0.3) is 5.91 Å². The number of ether oxygens (including phenoxy) is 1. The van der Waals surface area contributed by atoms with Crippen LogP contribution in [-0.2, 0) is 4.74 Å². The van der Waals surface area contributed by atoms with E-state index in [0.29, 0.717) is 5.56 Å². The molecule has 0 radical (unpaired) electrons. The second-order valence-electron chi connectivity index (χ2n) is 4.30. The Labute approximate surface area is 110 Å². The number of methoxy groups -OCH3 is 1. The lowest BCUT2D eigenvalue weighted by atomic mass is 10.1. The van der Waals surface area contributed by atoms with Crippen LogP contribution in [0.3, 0.4) is 0 Å². The van der Waals surface area contributed by atoms with Crippen molar-refractivity contribution in [3.8, 4) is 0 Å². The predicted octanol–water partition coefficient (Wildman–Crippen LogP) is 2.75. The van der Waals surface area contributed by atoms with E-state index in [1.165, 1.54) is 0 Å². The summed E-state index contributed by atoms with van der Waals surface area (Å²) in [7, 11) is 1.70. The number of nitrogens with one attached hydrogen (secondary N) is 1. The van der Waals surface area contributed by atoms with Crippen molar-refractivity contribution in [2.24, 2.45) is 0 Å². The summed E-state index contributed by atoms with van der Waals surface area (Å²) in [5.74, 6) is -0.0275. The van der Waals surface area contributed by atoms with Crippen molar-refractivity contribution >= 4 is 21.8 Å². The molecule has 0 spiro atoms. The smallest absolute Gasteiger partial charge is 0.251 e. The lowest BCUT2D eigenvalue weighted by molar-refractivity contribution is 0.0722. The van der Waals surface area contributed by atoms with Gasteiger partial charge in [-0.2, -0.15) is 0 Å². The van der Waals surface area contributed by atoms with Crippen LogP contribution in [0.4, 0.5) is 0 Å². The fourth-order valence-corrected chi connectivity index (χ4v) is 2.65. The summed E-state index contributed by atoms with van der Waals surface area (Å²) in [6.45, 7) is 0. The van der Waals surface area contributed by atoms with Crippen LogP contribution < -0.4 is 5.32 Å². The highest BCUT2D eigenvalue weighted by molar-refractivity contribution is 9.10. The van der Waals surface area contributed by atoms with Crippen LogP contribution in [0.1, 0.15) is 29.6 Å². The Kier molecular flexibility index (Phi) is 4.18. The molecule has 1 amide bonds. The van der Waals surface area contributed by atoms with Crippen LogP contribution in [0.15, 0.2) is 28.7 Å². The molecule has 17 heavy (non-hydrogen) atoms. The van der Waals surface area contributed by atoms with Crippen LogP contribution in [0, 0.1) is 0 Å². The van der Waals surface area contributed by atoms with Gasteiger partial charge >= 0.3 is 0 Å². The molecule has 1 N–H and O–H groups in total. The largest absolute Gasteiger partial charge is 0.379 e. The van der Waals surface area contributed by atoms with E-state index in [4.69, 9.17) is 4.74 Å². The van der Waals surface area contributed by atoms with E-state index in [1.54, 1.807) is 7.11 Å². The van der Waals surface area contributed by atoms with Crippen LogP contribution in [0.2, 0.25) is 0 Å². The Morgan fingerprint density at radius 3 is 3.00 bits per heavy atom. The average Bonchev–Trinajstić information content (AvgIpc) is 2.76. The van der Waals surface area contributed by atoms with E-state index in [2.05, 4.69) is 21.2 Å². The normalized spacial score (nSPS) is 23.6. The molecular weight excluding hydrogens is 282 g/mol. The molecule has 3 nitrogen and oxygen atoms in total. The monoisotopic (exact) mass is 297 g/mol. The lowest BCUT2D eigenvalue weighted by Gasteiger charge is -2.19. The summed E-state index contributed by atoms with van der Waals surface area (Å²) in [5, 5.41) is 3.04. The summed E-state index contributed by atoms with van der Waals surface area (Å²) < 4.78 is 6.28. The van der Waals surface area contributed by atoms with Crippen molar-refractivity contribution in [3.05, 3.63) is 34.3 Å². The maximum atomic E-state index is 12.0. The molecule has 0 aliphatic heterocycles. The van der Waals surface area contributed by atoms with E-state index in [-0.39, 0.29) is 18.1 Å². The Bertz CT molecular complexity index is 408. The van der Waals surface area contributed by atoms with E-state index in [1.807, 2.05) is 24.3 Å². The summed E-state index contributed by atoms with van der Waals surface area (Å²) in [4.78, 5) is 12.0. The third-order valence-corrected chi connectivity index (χ3v) is 3.65. The van der Waals surface area contributed by atoms with E-state index >= 15 is 0 Å². The number of carbonyl (C=O) groups excluding carboxylic acids is 1. The quantitative estimate of drug-likeness (QED) is 0.932. The van der Waals surface area contributed by atoms with Crippen molar-refractivity contribution in [2.45, 2.75) is 31.4 Å². The molecule has 0 bridgehead atoms. The zero-order chi connectivity index (χ0) is 12.3. The molecule has 2 unspecified atom stereocenters. The maximum Gasteiger partial charge on any atom is 0.251 e. The van der Waals surface area contributed by atoms with Gasteiger partial charge in [0, 0.05) is 17.1 Å². The molecule has 92 valence electrons. The second kappa shape index (κ2) is 5.65. The molecule has 0 saturated heterocycles. The minimum Gasteiger partial charge on any atom is -0.379 e. The molecule has 1 aliphatic carbocycles. The highest BCUT2D eigenvalue weighted by atomic mass is 79.9. The van der Waals surface area contributed by atoms with Crippen molar-refractivity contribution in [2.75, 3.05) is 7.11 Å². The number of carbonyl (C=O) groups is 1. The molecule has 1 saturated carbocycles. The summed E-state index contributed by atoms with van der Waals surface area (Å²) in [6.07, 6.45) is 3.30. The molecule has 1 aromatic carbocycles. The maximum absolute atomic E-state index is 12.0. The van der Waals surface area contributed by atoms with Crippen molar-refractivity contribution < 1.29 is 9.53 Å². The Balaban J connectivity index is 2.01. The van der Waals surface area contributed by atoms with Gasteiger partial charge < -0.3 is 10.1 Å². The van der Waals surface area contributed by atoms with Crippen LogP contribution in [0.25, 0.3) is 0 Å². The standard InChI is InChI=1S/C13H16BrNO2/c1-17-12-7-3-6-11(12)15-13(16)9-4-2-5-10(14)8-9/h2,4-5,8,11-12H,3,6-7H2,1H3,(H,15,16). The highest BCUT2D eigenvalue weighted by Crippen LogP contribution is 2.22. The molecule has 2 atom stereocenters. The number of hydrogen-bond acceptors (Lipinski definition) is 2. The molecule has 0 aromatic heterocycles. The van der Waals surface area contributed by atoms with Gasteiger partial charge in [0.05, 0.1) is 12.1 Å². The first-order valence-corrected chi connectivity index (χ1v) is 6.59. The van der Waals surface area contributed by atoms with Gasteiger partial charge in [-0.1, -0.05) is 22.0 Å². The minimum atomic E-state index is -0.0275. The van der Waals surface area contributed by atoms with Crippen LogP contribution in [0.5, 0.6) is 0 Å². The SMILES string of the molecule is COC1CCCC1NC(=O)c1cccc(Br)c1. The first kappa shape index (κ1) is 12.6. The number of benzene rings is 1. The fraction of sp³-hybridized carbons (Fsp3) is 0.462. The number of amides is 1. The number of hydrogen-bond donors (Lipinski definition) is 1. The van der Waals surface area contributed by atoms with Crippen molar-refractivity contribution in [1.82, 2.24) is 5.32 Å². The second-order valence-corrected chi connectivity index (χ2v) is 5.21. The topological polar surface area (TPSA) is 38.3 Å². The predicted molar refractivity (Wildman–Crippen MR) is 70.0 cm³/mol. The third-order valence-electron chi connectivity index (χ3n) is 3.16. The fourth-order valence-electron chi connectivity index (χ4n) is 2.25. The Morgan fingerprint density at radius 1 is 1.47 bits per heavy atom. The summed E-state index contributed by atoms with van der Waals surface area (Å²) in [6, 6.07) is 7.56.